The molecular formula is C10H19N3O2S. The van der Waals surface area contributed by atoms with E-state index in [2.05, 4.69) is 5.10 Å². The van der Waals surface area contributed by atoms with Gasteiger partial charge >= 0.3 is 0 Å². The summed E-state index contributed by atoms with van der Waals surface area (Å²) in [4.78, 5) is 0. The molecule has 0 saturated heterocycles. The van der Waals surface area contributed by atoms with Crippen molar-refractivity contribution in [2.45, 2.75) is 30.9 Å². The van der Waals surface area contributed by atoms with Gasteiger partial charge in [0, 0.05) is 12.8 Å². The van der Waals surface area contributed by atoms with Crippen molar-refractivity contribution < 1.29 is 10.2 Å². The molecule has 1 atom stereocenters. The number of thioether (sulfide) groups is 1. The van der Waals surface area contributed by atoms with Crippen molar-refractivity contribution in [2.24, 2.45) is 7.05 Å². The van der Waals surface area contributed by atoms with Crippen LogP contribution in [-0.4, -0.2) is 38.5 Å². The Morgan fingerprint density at radius 1 is 1.50 bits per heavy atom. The van der Waals surface area contributed by atoms with E-state index in [0.717, 1.165) is 10.7 Å². The summed E-state index contributed by atoms with van der Waals surface area (Å²) in [6.45, 7) is 3.84. The lowest BCUT2D eigenvalue weighted by Crippen LogP contribution is -2.15. The number of aliphatic hydroxyl groups is 2. The standard InChI is InChI=1S/C10H19N3O2S/c1-6(2)9-8(11)10(13(3)12-9)16-5-7(15)4-14/h6-7,14-15H,4-5,11H2,1-3H3. The number of hydrogen-bond acceptors (Lipinski definition) is 5. The van der Waals surface area contributed by atoms with Crippen LogP contribution in [0.5, 0.6) is 0 Å². The third-order valence-corrected chi connectivity index (χ3v) is 3.54. The van der Waals surface area contributed by atoms with E-state index in [1.165, 1.54) is 11.8 Å². The molecule has 0 aliphatic carbocycles. The van der Waals surface area contributed by atoms with Gasteiger partial charge in [-0.3, -0.25) is 4.68 Å². The lowest BCUT2D eigenvalue weighted by Gasteiger charge is -2.07. The van der Waals surface area contributed by atoms with Crippen molar-refractivity contribution in [2.75, 3.05) is 18.1 Å². The van der Waals surface area contributed by atoms with Gasteiger partial charge in [-0.15, -0.1) is 11.8 Å². The summed E-state index contributed by atoms with van der Waals surface area (Å²) < 4.78 is 1.72. The number of nitrogens with two attached hydrogens (primary N) is 1. The molecule has 16 heavy (non-hydrogen) atoms. The monoisotopic (exact) mass is 245 g/mol. The van der Waals surface area contributed by atoms with Crippen molar-refractivity contribution in [3.05, 3.63) is 5.69 Å². The molecular weight excluding hydrogens is 226 g/mol. The molecule has 0 aliphatic heterocycles. The number of nitrogen functional groups attached to an aromatic ring is 1. The molecule has 1 unspecified atom stereocenters. The number of aryl methyl sites for hydroxylation is 1. The van der Waals surface area contributed by atoms with Gasteiger partial charge < -0.3 is 15.9 Å². The summed E-state index contributed by atoms with van der Waals surface area (Å²) in [5.41, 5.74) is 7.54. The third-order valence-electron chi connectivity index (χ3n) is 2.23. The molecule has 0 bridgehead atoms. The molecule has 0 saturated carbocycles. The normalized spacial score (nSPS) is 13.4. The Morgan fingerprint density at radius 3 is 2.56 bits per heavy atom. The molecule has 1 aromatic rings. The van der Waals surface area contributed by atoms with Gasteiger partial charge in [0.25, 0.3) is 0 Å². The van der Waals surface area contributed by atoms with Crippen LogP contribution in [0.4, 0.5) is 5.69 Å². The molecule has 0 fully saturated rings. The lowest BCUT2D eigenvalue weighted by molar-refractivity contribution is 0.113. The Labute approximate surface area is 99.6 Å². The van der Waals surface area contributed by atoms with Crippen molar-refractivity contribution in [3.8, 4) is 0 Å². The molecule has 5 nitrogen and oxygen atoms in total. The summed E-state index contributed by atoms with van der Waals surface area (Å²) in [5.74, 6) is 0.695. The maximum absolute atomic E-state index is 9.28. The van der Waals surface area contributed by atoms with Crippen LogP contribution in [0.3, 0.4) is 0 Å². The molecule has 6 heteroatoms. The molecule has 0 radical (unpaired) electrons. The maximum atomic E-state index is 9.28. The van der Waals surface area contributed by atoms with E-state index in [1.807, 2.05) is 20.9 Å². The first kappa shape index (κ1) is 13.3. The molecule has 0 aromatic carbocycles. The maximum Gasteiger partial charge on any atom is 0.117 e. The highest BCUT2D eigenvalue weighted by Crippen LogP contribution is 2.31. The van der Waals surface area contributed by atoms with Crippen LogP contribution in [-0.2, 0) is 7.05 Å². The molecule has 4 N–H and O–H groups in total. The van der Waals surface area contributed by atoms with Crippen molar-refractivity contribution in [3.63, 3.8) is 0 Å². The number of aliphatic hydroxyl groups excluding tert-OH is 2. The zero-order valence-corrected chi connectivity index (χ0v) is 10.7. The van der Waals surface area contributed by atoms with E-state index < -0.39 is 6.10 Å². The van der Waals surface area contributed by atoms with Gasteiger partial charge in [-0.2, -0.15) is 5.10 Å². The summed E-state index contributed by atoms with van der Waals surface area (Å²) in [7, 11) is 1.83. The van der Waals surface area contributed by atoms with Crippen LogP contribution in [0.1, 0.15) is 25.5 Å². The van der Waals surface area contributed by atoms with Crippen LogP contribution >= 0.6 is 11.8 Å². The predicted molar refractivity (Wildman–Crippen MR) is 65.5 cm³/mol. The first-order valence-electron chi connectivity index (χ1n) is 5.21. The van der Waals surface area contributed by atoms with Crippen molar-refractivity contribution in [1.82, 2.24) is 9.78 Å². The highest BCUT2D eigenvalue weighted by molar-refractivity contribution is 7.99. The minimum absolute atomic E-state index is 0.234. The molecule has 1 aromatic heterocycles. The van der Waals surface area contributed by atoms with Crippen LogP contribution in [0.15, 0.2) is 5.03 Å². The number of nitrogens with zero attached hydrogens (tertiary/aromatic N) is 2. The van der Waals surface area contributed by atoms with E-state index in [0.29, 0.717) is 11.4 Å². The van der Waals surface area contributed by atoms with E-state index in [-0.39, 0.29) is 12.5 Å². The summed E-state index contributed by atoms with van der Waals surface area (Å²) in [6, 6.07) is 0. The average Bonchev–Trinajstić information content (AvgIpc) is 2.51. The first-order chi connectivity index (χ1) is 7.47. The average molecular weight is 245 g/mol. The van der Waals surface area contributed by atoms with Crippen molar-refractivity contribution >= 4 is 17.4 Å². The fourth-order valence-electron chi connectivity index (χ4n) is 1.37. The predicted octanol–water partition coefficient (Wildman–Crippen LogP) is 0.571. The van der Waals surface area contributed by atoms with E-state index in [9.17, 15) is 5.11 Å². The second-order valence-corrected chi connectivity index (χ2v) is 5.04. The molecule has 0 spiro atoms. The number of aromatic nitrogens is 2. The fourth-order valence-corrected chi connectivity index (χ4v) is 2.31. The number of anilines is 1. The molecule has 92 valence electrons. The quantitative estimate of drug-likeness (QED) is 0.661. The summed E-state index contributed by atoms with van der Waals surface area (Å²) >= 11 is 1.41. The van der Waals surface area contributed by atoms with Gasteiger partial charge in [0.2, 0.25) is 0 Å². The Bertz CT molecular complexity index is 352. The van der Waals surface area contributed by atoms with Crippen molar-refractivity contribution in [1.29, 1.82) is 0 Å². The highest BCUT2D eigenvalue weighted by atomic mass is 32.2. The topological polar surface area (TPSA) is 84.3 Å². The van der Waals surface area contributed by atoms with Crippen LogP contribution < -0.4 is 5.73 Å². The summed E-state index contributed by atoms with van der Waals surface area (Å²) in [6.07, 6.45) is -0.721. The second-order valence-electron chi connectivity index (χ2n) is 4.03. The highest BCUT2D eigenvalue weighted by Gasteiger charge is 2.17. The van der Waals surface area contributed by atoms with Gasteiger partial charge in [0.05, 0.1) is 24.1 Å². The largest absolute Gasteiger partial charge is 0.395 e. The fraction of sp³-hybridized carbons (Fsp3) is 0.700. The SMILES string of the molecule is CC(C)c1nn(C)c(SCC(O)CO)c1N. The van der Waals surface area contributed by atoms with Crippen LogP contribution in [0.2, 0.25) is 0 Å². The zero-order valence-electron chi connectivity index (χ0n) is 9.84. The van der Waals surface area contributed by atoms with E-state index >= 15 is 0 Å². The van der Waals surface area contributed by atoms with Gasteiger partial charge in [-0.1, -0.05) is 13.8 Å². The zero-order chi connectivity index (χ0) is 12.3. The third kappa shape index (κ3) is 2.90. The molecule has 1 heterocycles. The second kappa shape index (κ2) is 5.56. The minimum atomic E-state index is -0.721. The van der Waals surface area contributed by atoms with E-state index in [1.54, 1.807) is 4.68 Å². The van der Waals surface area contributed by atoms with Gasteiger partial charge in [0.15, 0.2) is 0 Å². The van der Waals surface area contributed by atoms with Gasteiger partial charge in [-0.25, -0.2) is 0 Å². The number of rotatable bonds is 5. The van der Waals surface area contributed by atoms with E-state index in [4.69, 9.17) is 10.8 Å². The Hall–Kier alpha value is -0.720. The van der Waals surface area contributed by atoms with Gasteiger partial charge in [0.1, 0.15) is 5.03 Å². The molecule has 0 aliphatic rings. The van der Waals surface area contributed by atoms with Crippen LogP contribution in [0.25, 0.3) is 0 Å². The minimum Gasteiger partial charge on any atom is -0.395 e. The Kier molecular flexibility index (Phi) is 4.64. The molecule has 0 amide bonds. The first-order valence-corrected chi connectivity index (χ1v) is 6.20. The molecule has 1 rings (SSSR count). The van der Waals surface area contributed by atoms with Gasteiger partial charge in [-0.05, 0) is 5.92 Å². The summed E-state index contributed by atoms with van der Waals surface area (Å²) in [5, 5.41) is 23.2. The van der Waals surface area contributed by atoms with Crippen LogP contribution in [0, 0.1) is 0 Å². The number of hydrogen-bond donors (Lipinski definition) is 3. The smallest absolute Gasteiger partial charge is 0.117 e. The Balaban J connectivity index is 2.80. The Morgan fingerprint density at radius 2 is 2.12 bits per heavy atom. The lowest BCUT2D eigenvalue weighted by atomic mass is 10.1.